The Morgan fingerprint density at radius 2 is 2.30 bits per heavy atom. The summed E-state index contributed by atoms with van der Waals surface area (Å²) in [7, 11) is 0. The molecule has 0 aromatic heterocycles. The summed E-state index contributed by atoms with van der Waals surface area (Å²) in [4.78, 5) is 21.2. The Labute approximate surface area is 119 Å². The first-order valence-corrected chi connectivity index (χ1v) is 6.42. The lowest BCUT2D eigenvalue weighted by molar-refractivity contribution is -0.383. The lowest BCUT2D eigenvalue weighted by atomic mass is 10.2. The summed E-state index contributed by atoms with van der Waals surface area (Å²) in [5.74, 6) is -0.985. The summed E-state index contributed by atoms with van der Waals surface area (Å²) in [5, 5.41) is 22.7. The van der Waals surface area contributed by atoms with Crippen LogP contribution in [0, 0.1) is 10.1 Å². The van der Waals surface area contributed by atoms with Crippen LogP contribution >= 0.6 is 11.6 Å². The molecule has 1 aliphatic rings. The number of carboxylic acid groups (broad SMARTS) is 1. The minimum atomic E-state index is -0.985. The molecule has 0 saturated carbocycles. The van der Waals surface area contributed by atoms with Crippen LogP contribution in [-0.4, -0.2) is 34.8 Å². The lowest BCUT2D eigenvalue weighted by Gasteiger charge is -2.13. The molecule has 2 rings (SSSR count). The van der Waals surface area contributed by atoms with E-state index in [0.29, 0.717) is 25.1 Å². The number of carbonyl (C=O) groups is 1. The Kier molecular flexibility index (Phi) is 4.41. The first kappa shape index (κ1) is 14.5. The van der Waals surface area contributed by atoms with Crippen molar-refractivity contribution >= 4 is 28.9 Å². The molecule has 2 N–H and O–H groups in total. The van der Waals surface area contributed by atoms with Gasteiger partial charge >= 0.3 is 11.7 Å². The van der Waals surface area contributed by atoms with E-state index in [1.165, 1.54) is 6.07 Å². The molecule has 0 bridgehead atoms. The first-order chi connectivity index (χ1) is 9.49. The van der Waals surface area contributed by atoms with Crippen molar-refractivity contribution in [3.63, 3.8) is 0 Å². The predicted molar refractivity (Wildman–Crippen MR) is 72.1 cm³/mol. The van der Waals surface area contributed by atoms with Crippen LogP contribution in [0.2, 0.25) is 5.02 Å². The number of carboxylic acids is 1. The summed E-state index contributed by atoms with van der Waals surface area (Å²) < 4.78 is 5.31. The number of aliphatic carboxylic acids is 1. The molecular weight excluding hydrogens is 288 g/mol. The number of nitrogens with zero attached hydrogens (tertiary/aromatic N) is 1. The van der Waals surface area contributed by atoms with E-state index in [4.69, 9.17) is 21.4 Å². The van der Waals surface area contributed by atoms with Crippen molar-refractivity contribution in [3.8, 4) is 0 Å². The summed E-state index contributed by atoms with van der Waals surface area (Å²) in [5.41, 5.74) is 0.104. The highest BCUT2D eigenvalue weighted by Crippen LogP contribution is 2.32. The van der Waals surface area contributed by atoms with Crippen LogP contribution in [0.1, 0.15) is 12.8 Å². The molecule has 1 saturated heterocycles. The summed E-state index contributed by atoms with van der Waals surface area (Å²) >= 11 is 5.79. The van der Waals surface area contributed by atoms with Gasteiger partial charge in [-0.05, 0) is 25.0 Å². The number of halogens is 1. The van der Waals surface area contributed by atoms with E-state index in [1.807, 2.05) is 0 Å². The van der Waals surface area contributed by atoms with Crippen molar-refractivity contribution < 1.29 is 19.6 Å². The van der Waals surface area contributed by atoms with E-state index in [2.05, 4.69) is 5.32 Å². The second kappa shape index (κ2) is 6.06. The number of nitro benzene ring substituents is 1. The molecule has 108 valence electrons. The fourth-order valence-corrected chi connectivity index (χ4v) is 2.35. The molecule has 2 unspecified atom stereocenters. The summed E-state index contributed by atoms with van der Waals surface area (Å²) in [6.45, 7) is 0.297. The minimum absolute atomic E-state index is 0.0516. The molecule has 1 heterocycles. The Balaban J connectivity index is 2.00. The van der Waals surface area contributed by atoms with Gasteiger partial charge < -0.3 is 15.2 Å². The molecule has 7 nitrogen and oxygen atoms in total. The van der Waals surface area contributed by atoms with Crippen molar-refractivity contribution in [1.82, 2.24) is 0 Å². The van der Waals surface area contributed by atoms with E-state index in [-0.39, 0.29) is 16.8 Å². The number of ether oxygens (including phenoxy) is 1. The van der Waals surface area contributed by atoms with E-state index in [9.17, 15) is 14.9 Å². The standard InChI is InChI=1S/C12H13ClN2O5/c13-8-2-1-3-9(11(8)15(18)19)14-6-7-4-5-10(20-7)12(16)17/h1-3,7,10,14H,4-6H2,(H,16,17). The molecule has 0 spiro atoms. The highest BCUT2D eigenvalue weighted by Gasteiger charge is 2.30. The number of nitrogens with one attached hydrogen (secondary N) is 1. The van der Waals surface area contributed by atoms with Crippen LogP contribution < -0.4 is 5.32 Å². The zero-order chi connectivity index (χ0) is 14.7. The van der Waals surface area contributed by atoms with E-state index < -0.39 is 17.0 Å². The number of hydrogen-bond acceptors (Lipinski definition) is 5. The molecule has 8 heteroatoms. The fourth-order valence-electron chi connectivity index (χ4n) is 2.10. The molecule has 1 fully saturated rings. The molecule has 20 heavy (non-hydrogen) atoms. The molecular formula is C12H13ClN2O5. The third-order valence-corrected chi connectivity index (χ3v) is 3.38. The minimum Gasteiger partial charge on any atom is -0.479 e. The van der Waals surface area contributed by atoms with Crippen molar-refractivity contribution in [1.29, 1.82) is 0 Å². The lowest BCUT2D eigenvalue weighted by Crippen LogP contribution is -2.24. The Morgan fingerprint density at radius 3 is 2.90 bits per heavy atom. The number of rotatable bonds is 5. The van der Waals surface area contributed by atoms with Crippen molar-refractivity contribution in [2.75, 3.05) is 11.9 Å². The van der Waals surface area contributed by atoms with Gasteiger partial charge in [-0.15, -0.1) is 0 Å². The highest BCUT2D eigenvalue weighted by atomic mass is 35.5. The maximum absolute atomic E-state index is 11.0. The molecule has 0 aliphatic carbocycles. The maximum atomic E-state index is 11.0. The quantitative estimate of drug-likeness (QED) is 0.639. The molecule has 2 atom stereocenters. The van der Waals surface area contributed by atoms with Crippen molar-refractivity contribution in [2.24, 2.45) is 0 Å². The van der Waals surface area contributed by atoms with Gasteiger partial charge in [-0.2, -0.15) is 0 Å². The Hall–Kier alpha value is -1.86. The van der Waals surface area contributed by atoms with Gasteiger partial charge in [0.1, 0.15) is 10.7 Å². The van der Waals surface area contributed by atoms with Crippen LogP contribution in [0.15, 0.2) is 18.2 Å². The average Bonchev–Trinajstić information content (AvgIpc) is 2.84. The average molecular weight is 301 g/mol. The van der Waals surface area contributed by atoms with Gasteiger partial charge in [-0.25, -0.2) is 4.79 Å². The van der Waals surface area contributed by atoms with Gasteiger partial charge in [0, 0.05) is 6.54 Å². The van der Waals surface area contributed by atoms with Crippen LogP contribution in [0.5, 0.6) is 0 Å². The van der Waals surface area contributed by atoms with E-state index in [0.717, 1.165) is 0 Å². The SMILES string of the molecule is O=C(O)C1CCC(CNc2cccc(Cl)c2[N+](=O)[O-])O1. The molecule has 0 radical (unpaired) electrons. The maximum Gasteiger partial charge on any atom is 0.332 e. The number of hydrogen-bond donors (Lipinski definition) is 2. The van der Waals surface area contributed by atoms with Gasteiger partial charge in [-0.3, -0.25) is 10.1 Å². The smallest absolute Gasteiger partial charge is 0.332 e. The molecule has 1 aliphatic heterocycles. The molecule has 1 aromatic rings. The third kappa shape index (κ3) is 3.17. The molecule has 1 aromatic carbocycles. The fraction of sp³-hybridized carbons (Fsp3) is 0.417. The van der Waals surface area contributed by atoms with Crippen LogP contribution in [-0.2, 0) is 9.53 Å². The Morgan fingerprint density at radius 1 is 1.55 bits per heavy atom. The van der Waals surface area contributed by atoms with Gasteiger partial charge in [0.05, 0.1) is 11.0 Å². The van der Waals surface area contributed by atoms with Crippen molar-refractivity contribution in [3.05, 3.63) is 33.3 Å². The Bertz CT molecular complexity index is 537. The van der Waals surface area contributed by atoms with E-state index in [1.54, 1.807) is 12.1 Å². The van der Waals surface area contributed by atoms with Crippen LogP contribution in [0.25, 0.3) is 0 Å². The zero-order valence-corrected chi connectivity index (χ0v) is 11.2. The first-order valence-electron chi connectivity index (χ1n) is 6.04. The largest absolute Gasteiger partial charge is 0.479 e. The van der Waals surface area contributed by atoms with E-state index >= 15 is 0 Å². The number of nitro groups is 1. The van der Waals surface area contributed by atoms with Gasteiger partial charge in [-0.1, -0.05) is 17.7 Å². The normalized spacial score (nSPS) is 21.6. The number of para-hydroxylation sites is 1. The van der Waals surface area contributed by atoms with Crippen molar-refractivity contribution in [2.45, 2.75) is 25.0 Å². The summed E-state index contributed by atoms with van der Waals surface area (Å²) in [6.07, 6.45) is -0.0386. The second-order valence-electron chi connectivity index (χ2n) is 4.44. The predicted octanol–water partition coefficient (Wildman–Crippen LogP) is 2.29. The summed E-state index contributed by atoms with van der Waals surface area (Å²) in [6, 6.07) is 4.60. The third-order valence-electron chi connectivity index (χ3n) is 3.07. The number of anilines is 1. The van der Waals surface area contributed by atoms with Gasteiger partial charge in [0.25, 0.3) is 0 Å². The van der Waals surface area contributed by atoms with Crippen LogP contribution in [0.4, 0.5) is 11.4 Å². The van der Waals surface area contributed by atoms with Gasteiger partial charge in [0.2, 0.25) is 0 Å². The van der Waals surface area contributed by atoms with Crippen LogP contribution in [0.3, 0.4) is 0 Å². The second-order valence-corrected chi connectivity index (χ2v) is 4.84. The van der Waals surface area contributed by atoms with Gasteiger partial charge in [0.15, 0.2) is 6.10 Å². The topological polar surface area (TPSA) is 102 Å². The molecule has 0 amide bonds. The monoisotopic (exact) mass is 300 g/mol. The highest BCUT2D eigenvalue weighted by molar-refractivity contribution is 6.33. The number of benzene rings is 1. The zero-order valence-electron chi connectivity index (χ0n) is 10.4.